The summed E-state index contributed by atoms with van der Waals surface area (Å²) >= 11 is 0. The van der Waals surface area contributed by atoms with E-state index < -0.39 is 11.7 Å². The van der Waals surface area contributed by atoms with Crippen molar-refractivity contribution in [2.24, 2.45) is 0 Å². The molecule has 2 heterocycles. The maximum Gasteiger partial charge on any atom is 0.420 e. The third-order valence-electron chi connectivity index (χ3n) is 4.05. The summed E-state index contributed by atoms with van der Waals surface area (Å²) in [4.78, 5) is 29.8. The Morgan fingerprint density at radius 1 is 1.22 bits per heavy atom. The number of carbonyl (C=O) groups excluding carboxylic acids is 1. The van der Waals surface area contributed by atoms with Crippen LogP contribution in [-0.4, -0.2) is 25.8 Å². The van der Waals surface area contributed by atoms with Crippen LogP contribution in [0.1, 0.15) is 39.1 Å². The highest BCUT2D eigenvalue weighted by atomic mass is 19.1. The smallest absolute Gasteiger partial charge is 0.420 e. The number of pyridine rings is 1. The molecule has 0 aliphatic carbocycles. The molecule has 0 aliphatic heterocycles. The second-order valence-corrected chi connectivity index (χ2v) is 7.27. The van der Waals surface area contributed by atoms with E-state index in [1.54, 1.807) is 51.2 Å². The zero-order chi connectivity index (χ0) is 19.8. The minimum Gasteiger partial charge on any atom is -0.443 e. The second-order valence-electron chi connectivity index (χ2n) is 7.27. The van der Waals surface area contributed by atoms with Crippen molar-refractivity contribution in [1.82, 2.24) is 14.1 Å². The average molecular weight is 371 g/mol. The molecular weight excluding hydrogens is 349 g/mol. The number of fused-ring (bicyclic) bond motifs is 1. The van der Waals surface area contributed by atoms with Crippen LogP contribution in [0.3, 0.4) is 0 Å². The normalized spacial score (nSPS) is 11.7. The lowest BCUT2D eigenvalue weighted by Gasteiger charge is -2.20. The molecule has 0 amide bonds. The molecule has 0 radical (unpaired) electrons. The first kappa shape index (κ1) is 18.8. The van der Waals surface area contributed by atoms with E-state index in [9.17, 15) is 14.0 Å². The van der Waals surface area contributed by atoms with Crippen LogP contribution in [-0.2, 0) is 17.7 Å². The topological polar surface area (TPSA) is 66.1 Å². The van der Waals surface area contributed by atoms with Crippen molar-refractivity contribution < 1.29 is 13.9 Å². The van der Waals surface area contributed by atoms with Gasteiger partial charge in [0.15, 0.2) is 5.52 Å². The van der Waals surface area contributed by atoms with Crippen molar-refractivity contribution in [1.29, 1.82) is 0 Å². The number of nitrogens with zero attached hydrogens (tertiary/aromatic N) is 3. The molecule has 3 aromatic rings. The molecule has 0 fully saturated rings. The summed E-state index contributed by atoms with van der Waals surface area (Å²) in [5.74, 6) is 0.0676. The van der Waals surface area contributed by atoms with Gasteiger partial charge < -0.3 is 9.30 Å². The van der Waals surface area contributed by atoms with Gasteiger partial charge in [0.1, 0.15) is 17.2 Å². The number of carbonyl (C=O) groups is 1. The zero-order valence-electron chi connectivity index (χ0n) is 15.8. The molecule has 0 spiro atoms. The van der Waals surface area contributed by atoms with Crippen molar-refractivity contribution >= 4 is 17.1 Å². The van der Waals surface area contributed by atoms with E-state index in [0.29, 0.717) is 23.3 Å². The van der Waals surface area contributed by atoms with Gasteiger partial charge in [-0.3, -0.25) is 4.79 Å². The van der Waals surface area contributed by atoms with Gasteiger partial charge >= 0.3 is 6.09 Å². The van der Waals surface area contributed by atoms with Crippen molar-refractivity contribution in [3.63, 3.8) is 0 Å². The quantitative estimate of drug-likeness (QED) is 0.704. The average Bonchev–Trinajstić information content (AvgIpc) is 2.97. The SMILES string of the molecule is CCc1nc2c(=O)n(Cc3ccccc3F)ccc2n1C(=O)OC(C)(C)C. The number of halogens is 1. The molecule has 1 aromatic carbocycles. The molecule has 7 heteroatoms. The largest absolute Gasteiger partial charge is 0.443 e. The van der Waals surface area contributed by atoms with Crippen LogP contribution in [0, 0.1) is 5.82 Å². The van der Waals surface area contributed by atoms with Crippen LogP contribution >= 0.6 is 0 Å². The van der Waals surface area contributed by atoms with E-state index in [1.165, 1.54) is 15.2 Å². The summed E-state index contributed by atoms with van der Waals surface area (Å²) in [6, 6.07) is 7.93. The Hall–Kier alpha value is -2.96. The number of benzene rings is 1. The van der Waals surface area contributed by atoms with Gasteiger partial charge in [-0.1, -0.05) is 25.1 Å². The standard InChI is InChI=1S/C20H22FN3O3/c1-5-16-22-17-15(24(16)19(26)27-20(2,3)4)10-11-23(18(17)25)12-13-8-6-7-9-14(13)21/h6-11H,5,12H2,1-4H3. The summed E-state index contributed by atoms with van der Waals surface area (Å²) in [6.07, 6.45) is 1.42. The predicted octanol–water partition coefficient (Wildman–Crippen LogP) is 3.73. The molecule has 27 heavy (non-hydrogen) atoms. The van der Waals surface area contributed by atoms with E-state index >= 15 is 0 Å². The third kappa shape index (κ3) is 3.77. The fraction of sp³-hybridized carbons (Fsp3) is 0.350. The Balaban J connectivity index is 2.08. The molecule has 3 rings (SSSR count). The second kappa shape index (κ2) is 6.98. The highest BCUT2D eigenvalue weighted by molar-refractivity contribution is 5.87. The van der Waals surface area contributed by atoms with Crippen LogP contribution < -0.4 is 5.56 Å². The molecule has 142 valence electrons. The first-order valence-corrected chi connectivity index (χ1v) is 8.79. The number of imidazole rings is 1. The van der Waals surface area contributed by atoms with E-state index in [-0.39, 0.29) is 23.4 Å². The van der Waals surface area contributed by atoms with Crippen molar-refractivity contribution in [3.8, 4) is 0 Å². The summed E-state index contributed by atoms with van der Waals surface area (Å²) in [6.45, 7) is 7.26. The predicted molar refractivity (Wildman–Crippen MR) is 101 cm³/mol. The minimum absolute atomic E-state index is 0.0855. The molecule has 0 unspecified atom stereocenters. The molecule has 0 N–H and O–H groups in total. The molecule has 6 nitrogen and oxygen atoms in total. The highest BCUT2D eigenvalue weighted by Gasteiger charge is 2.24. The molecule has 0 aliphatic rings. The molecule has 0 bridgehead atoms. The first-order valence-electron chi connectivity index (χ1n) is 8.79. The minimum atomic E-state index is -0.668. The molecule has 2 aromatic heterocycles. The van der Waals surface area contributed by atoms with Gasteiger partial charge in [0.05, 0.1) is 12.1 Å². The number of hydrogen-bond donors (Lipinski definition) is 0. The molecular formula is C20H22FN3O3. The summed E-state index contributed by atoms with van der Waals surface area (Å²) in [5.41, 5.74) is -0.0974. The number of hydrogen-bond acceptors (Lipinski definition) is 4. The van der Waals surface area contributed by atoms with Gasteiger partial charge in [-0.15, -0.1) is 0 Å². The summed E-state index contributed by atoms with van der Waals surface area (Å²) in [7, 11) is 0. The third-order valence-corrected chi connectivity index (χ3v) is 4.05. The van der Waals surface area contributed by atoms with Crippen molar-refractivity contribution in [3.05, 3.63) is 64.1 Å². The number of rotatable bonds is 3. The zero-order valence-corrected chi connectivity index (χ0v) is 15.8. The lowest BCUT2D eigenvalue weighted by atomic mass is 10.2. The maximum atomic E-state index is 13.9. The highest BCUT2D eigenvalue weighted by Crippen LogP contribution is 2.18. The summed E-state index contributed by atoms with van der Waals surface area (Å²) in [5, 5.41) is 0. The Morgan fingerprint density at radius 2 is 1.93 bits per heavy atom. The van der Waals surface area contributed by atoms with Crippen LogP contribution in [0.4, 0.5) is 9.18 Å². The van der Waals surface area contributed by atoms with Gasteiger partial charge in [0.2, 0.25) is 0 Å². The van der Waals surface area contributed by atoms with Crippen LogP contribution in [0.25, 0.3) is 11.0 Å². The molecule has 0 atom stereocenters. The Labute approximate surface area is 156 Å². The Bertz CT molecular complexity index is 1060. The maximum absolute atomic E-state index is 13.9. The molecule has 0 saturated carbocycles. The lowest BCUT2D eigenvalue weighted by Crippen LogP contribution is -2.28. The molecule has 0 saturated heterocycles. The van der Waals surface area contributed by atoms with Crippen LogP contribution in [0.15, 0.2) is 41.3 Å². The van der Waals surface area contributed by atoms with Crippen LogP contribution in [0.2, 0.25) is 0 Å². The lowest BCUT2D eigenvalue weighted by molar-refractivity contribution is 0.0539. The number of ether oxygens (including phenoxy) is 1. The first-order chi connectivity index (χ1) is 12.7. The van der Waals surface area contributed by atoms with Crippen LogP contribution in [0.5, 0.6) is 0 Å². The fourth-order valence-electron chi connectivity index (χ4n) is 2.84. The van der Waals surface area contributed by atoms with E-state index in [1.807, 2.05) is 6.92 Å². The van der Waals surface area contributed by atoms with Crippen molar-refractivity contribution in [2.45, 2.75) is 46.3 Å². The van der Waals surface area contributed by atoms with Gasteiger partial charge in [-0.2, -0.15) is 0 Å². The van der Waals surface area contributed by atoms with Gasteiger partial charge in [-0.05, 0) is 32.9 Å². The van der Waals surface area contributed by atoms with Gasteiger partial charge in [-0.25, -0.2) is 18.7 Å². The monoisotopic (exact) mass is 371 g/mol. The van der Waals surface area contributed by atoms with E-state index in [2.05, 4.69) is 4.98 Å². The van der Waals surface area contributed by atoms with Gasteiger partial charge in [0.25, 0.3) is 5.56 Å². The fourth-order valence-corrected chi connectivity index (χ4v) is 2.84. The summed E-state index contributed by atoms with van der Waals surface area (Å²) < 4.78 is 22.1. The number of aryl methyl sites for hydroxylation is 1. The van der Waals surface area contributed by atoms with E-state index in [0.717, 1.165) is 0 Å². The Morgan fingerprint density at radius 3 is 2.56 bits per heavy atom. The Kier molecular flexibility index (Phi) is 4.87. The van der Waals surface area contributed by atoms with Crippen molar-refractivity contribution in [2.75, 3.05) is 0 Å². The van der Waals surface area contributed by atoms with Gasteiger partial charge in [0, 0.05) is 18.2 Å². The van der Waals surface area contributed by atoms with E-state index in [4.69, 9.17) is 4.74 Å². The number of aromatic nitrogens is 3.